The predicted molar refractivity (Wildman–Crippen MR) is 74.1 cm³/mol. The standard InChI is InChI=1S/C14H11FN2O4/c15-10-3-1-2-4-11(10)17-14(21)16-8-5-6-12(18)9(7-8)13(19)20/h1-7,18H,(H,19,20)(H2,16,17,21). The molecule has 2 aromatic rings. The molecule has 0 aliphatic heterocycles. The van der Waals surface area contributed by atoms with Crippen molar-refractivity contribution in [2.45, 2.75) is 0 Å². The van der Waals surface area contributed by atoms with Gasteiger partial charge < -0.3 is 20.8 Å². The molecule has 2 rings (SSSR count). The Hall–Kier alpha value is -3.09. The molecule has 0 aromatic heterocycles. The molecule has 6 nitrogen and oxygen atoms in total. The first-order chi connectivity index (χ1) is 9.97. The molecule has 0 heterocycles. The molecule has 2 aromatic carbocycles. The maximum atomic E-state index is 13.4. The van der Waals surface area contributed by atoms with Crippen molar-refractivity contribution in [2.24, 2.45) is 0 Å². The minimum atomic E-state index is -1.33. The van der Waals surface area contributed by atoms with Crippen LogP contribution in [0.15, 0.2) is 42.5 Å². The Bertz CT molecular complexity index is 703. The zero-order chi connectivity index (χ0) is 15.4. The Kier molecular flexibility index (Phi) is 4.03. The number of phenols is 1. The highest BCUT2D eigenvalue weighted by atomic mass is 19.1. The van der Waals surface area contributed by atoms with Gasteiger partial charge in [-0.2, -0.15) is 0 Å². The normalized spacial score (nSPS) is 9.95. The number of halogens is 1. The van der Waals surface area contributed by atoms with E-state index in [4.69, 9.17) is 5.11 Å². The van der Waals surface area contributed by atoms with Gasteiger partial charge in [-0.3, -0.25) is 0 Å². The molecule has 0 radical (unpaired) electrons. The number of rotatable bonds is 3. The molecule has 0 atom stereocenters. The van der Waals surface area contributed by atoms with Gasteiger partial charge in [0.1, 0.15) is 17.1 Å². The topological polar surface area (TPSA) is 98.7 Å². The van der Waals surface area contributed by atoms with Gasteiger partial charge in [0.25, 0.3) is 0 Å². The minimum Gasteiger partial charge on any atom is -0.507 e. The number of aromatic carboxylic acids is 1. The fourth-order valence-electron chi connectivity index (χ4n) is 1.63. The number of para-hydroxylation sites is 1. The molecule has 0 unspecified atom stereocenters. The number of hydrogen-bond acceptors (Lipinski definition) is 3. The number of aromatic hydroxyl groups is 1. The van der Waals surface area contributed by atoms with Crippen molar-refractivity contribution in [3.8, 4) is 5.75 Å². The molecular weight excluding hydrogens is 279 g/mol. The summed E-state index contributed by atoms with van der Waals surface area (Å²) in [4.78, 5) is 22.6. The zero-order valence-corrected chi connectivity index (χ0v) is 10.6. The highest BCUT2D eigenvalue weighted by molar-refractivity contribution is 6.01. The predicted octanol–water partition coefficient (Wildman–Crippen LogP) is 2.87. The lowest BCUT2D eigenvalue weighted by molar-refractivity contribution is 0.0693. The van der Waals surface area contributed by atoms with Crippen LogP contribution in [-0.4, -0.2) is 22.2 Å². The molecule has 4 N–H and O–H groups in total. The van der Waals surface area contributed by atoms with E-state index in [2.05, 4.69) is 10.6 Å². The fraction of sp³-hybridized carbons (Fsp3) is 0. The van der Waals surface area contributed by atoms with Crippen LogP contribution >= 0.6 is 0 Å². The summed E-state index contributed by atoms with van der Waals surface area (Å²) in [5, 5.41) is 22.8. The molecule has 0 bridgehead atoms. The maximum Gasteiger partial charge on any atom is 0.339 e. The molecule has 7 heteroatoms. The van der Waals surface area contributed by atoms with E-state index in [0.717, 1.165) is 12.1 Å². The van der Waals surface area contributed by atoms with Crippen molar-refractivity contribution < 1.29 is 24.2 Å². The third-order valence-electron chi connectivity index (χ3n) is 2.61. The number of amides is 2. The SMILES string of the molecule is O=C(Nc1ccc(O)c(C(=O)O)c1)Nc1ccccc1F. The van der Waals surface area contributed by atoms with Gasteiger partial charge in [0.15, 0.2) is 0 Å². The first-order valence-corrected chi connectivity index (χ1v) is 5.86. The fourth-order valence-corrected chi connectivity index (χ4v) is 1.63. The van der Waals surface area contributed by atoms with Gasteiger partial charge in [-0.05, 0) is 30.3 Å². The first kappa shape index (κ1) is 14.3. The maximum absolute atomic E-state index is 13.4. The second kappa shape index (κ2) is 5.91. The second-order valence-electron chi connectivity index (χ2n) is 4.10. The second-order valence-corrected chi connectivity index (χ2v) is 4.10. The van der Waals surface area contributed by atoms with Crippen LogP contribution in [0.4, 0.5) is 20.6 Å². The zero-order valence-electron chi connectivity index (χ0n) is 10.6. The largest absolute Gasteiger partial charge is 0.507 e. The van der Waals surface area contributed by atoms with Crippen LogP contribution in [0.2, 0.25) is 0 Å². The molecule has 2 amide bonds. The lowest BCUT2D eigenvalue weighted by atomic mass is 10.2. The van der Waals surface area contributed by atoms with Gasteiger partial charge in [0.2, 0.25) is 0 Å². The van der Waals surface area contributed by atoms with E-state index in [0.29, 0.717) is 0 Å². The van der Waals surface area contributed by atoms with Gasteiger partial charge in [-0.15, -0.1) is 0 Å². The van der Waals surface area contributed by atoms with Crippen molar-refractivity contribution in [1.82, 2.24) is 0 Å². The number of carbonyl (C=O) groups excluding carboxylic acids is 1. The Morgan fingerprint density at radius 2 is 1.76 bits per heavy atom. The number of nitrogens with one attached hydrogen (secondary N) is 2. The Balaban J connectivity index is 2.12. The first-order valence-electron chi connectivity index (χ1n) is 5.86. The van der Waals surface area contributed by atoms with Gasteiger partial charge in [0, 0.05) is 5.69 Å². The van der Waals surface area contributed by atoms with Gasteiger partial charge >= 0.3 is 12.0 Å². The summed E-state index contributed by atoms with van der Waals surface area (Å²) in [7, 11) is 0. The summed E-state index contributed by atoms with van der Waals surface area (Å²) in [6.07, 6.45) is 0. The quantitative estimate of drug-likeness (QED) is 0.653. The third kappa shape index (κ3) is 3.47. The van der Waals surface area contributed by atoms with Gasteiger partial charge in [-0.1, -0.05) is 12.1 Å². The van der Waals surface area contributed by atoms with Crippen molar-refractivity contribution in [3.63, 3.8) is 0 Å². The van der Waals surface area contributed by atoms with Crippen LogP contribution in [0, 0.1) is 5.82 Å². The summed E-state index contributed by atoms with van der Waals surface area (Å²) in [6.45, 7) is 0. The molecule has 0 saturated heterocycles. The average Bonchev–Trinajstić information content (AvgIpc) is 2.43. The molecular formula is C14H11FN2O4. The molecule has 21 heavy (non-hydrogen) atoms. The van der Waals surface area contributed by atoms with E-state index in [1.54, 1.807) is 6.07 Å². The smallest absolute Gasteiger partial charge is 0.339 e. The van der Waals surface area contributed by atoms with Crippen LogP contribution < -0.4 is 10.6 Å². The minimum absolute atomic E-state index is 0.00719. The summed E-state index contributed by atoms with van der Waals surface area (Å²) in [6, 6.07) is 8.44. The van der Waals surface area contributed by atoms with Crippen LogP contribution in [0.5, 0.6) is 5.75 Å². The van der Waals surface area contributed by atoms with Gasteiger partial charge in [0.05, 0.1) is 5.69 Å². The third-order valence-corrected chi connectivity index (χ3v) is 2.61. The Morgan fingerprint density at radius 1 is 1.05 bits per heavy atom. The van der Waals surface area contributed by atoms with Crippen molar-refractivity contribution in [1.29, 1.82) is 0 Å². The van der Waals surface area contributed by atoms with E-state index in [1.165, 1.54) is 24.3 Å². The summed E-state index contributed by atoms with van der Waals surface area (Å²) >= 11 is 0. The number of urea groups is 1. The number of carbonyl (C=O) groups is 2. The van der Waals surface area contributed by atoms with E-state index < -0.39 is 23.6 Å². The number of carboxylic acid groups (broad SMARTS) is 1. The van der Waals surface area contributed by atoms with Crippen LogP contribution in [-0.2, 0) is 0 Å². The number of benzene rings is 2. The summed E-state index contributed by atoms with van der Waals surface area (Å²) in [5.74, 6) is -2.34. The van der Waals surface area contributed by atoms with Crippen molar-refractivity contribution in [3.05, 3.63) is 53.8 Å². The van der Waals surface area contributed by atoms with Crippen LogP contribution in [0.3, 0.4) is 0 Å². The Labute approximate surface area is 118 Å². The average molecular weight is 290 g/mol. The molecule has 0 spiro atoms. The molecule has 0 aliphatic rings. The van der Waals surface area contributed by atoms with E-state index in [-0.39, 0.29) is 16.9 Å². The summed E-state index contributed by atoms with van der Waals surface area (Å²) < 4.78 is 13.4. The molecule has 0 fully saturated rings. The van der Waals surface area contributed by atoms with Crippen molar-refractivity contribution >= 4 is 23.4 Å². The molecule has 0 saturated carbocycles. The molecule has 0 aliphatic carbocycles. The lowest BCUT2D eigenvalue weighted by Crippen LogP contribution is -2.20. The number of anilines is 2. The number of carboxylic acids is 1. The van der Waals surface area contributed by atoms with Crippen LogP contribution in [0.1, 0.15) is 10.4 Å². The highest BCUT2D eigenvalue weighted by Gasteiger charge is 2.12. The highest BCUT2D eigenvalue weighted by Crippen LogP contribution is 2.21. The lowest BCUT2D eigenvalue weighted by Gasteiger charge is -2.09. The summed E-state index contributed by atoms with van der Waals surface area (Å²) in [5.41, 5.74) is -0.204. The van der Waals surface area contributed by atoms with Gasteiger partial charge in [-0.25, -0.2) is 14.0 Å². The van der Waals surface area contributed by atoms with E-state index >= 15 is 0 Å². The van der Waals surface area contributed by atoms with Crippen molar-refractivity contribution in [2.75, 3.05) is 10.6 Å². The van der Waals surface area contributed by atoms with Crippen LogP contribution in [0.25, 0.3) is 0 Å². The van der Waals surface area contributed by atoms with E-state index in [9.17, 15) is 19.1 Å². The van der Waals surface area contributed by atoms with E-state index in [1.807, 2.05) is 0 Å². The Morgan fingerprint density at radius 3 is 2.43 bits per heavy atom. The monoisotopic (exact) mass is 290 g/mol. The molecule has 108 valence electrons. The number of hydrogen-bond donors (Lipinski definition) is 4.